The van der Waals surface area contributed by atoms with Crippen molar-refractivity contribution in [3.63, 3.8) is 0 Å². The number of rotatable bonds is 12. The van der Waals surface area contributed by atoms with Crippen LogP contribution in [0.25, 0.3) is 134 Å². The van der Waals surface area contributed by atoms with Crippen LogP contribution < -0.4 is 0 Å². The molecule has 0 aliphatic rings. The maximum Gasteiger partial charge on any atom is 0.278 e. The monoisotopic (exact) mass is 1940 g/mol. The van der Waals surface area contributed by atoms with Gasteiger partial charge in [-0.15, -0.1) is 5.10 Å². The zero-order chi connectivity index (χ0) is 103. The van der Waals surface area contributed by atoms with Crippen LogP contribution in [-0.2, 0) is 0 Å². The van der Waals surface area contributed by atoms with Crippen molar-refractivity contribution in [1.29, 1.82) is 0 Å². The highest BCUT2D eigenvalue weighted by atomic mass is 16.5. The van der Waals surface area contributed by atoms with E-state index in [4.69, 9.17) is 53.5 Å². The zero-order valence-electron chi connectivity index (χ0n) is 85.3. The lowest BCUT2D eigenvalue weighted by Crippen LogP contribution is -1.95. The maximum absolute atomic E-state index is 5.26. The van der Waals surface area contributed by atoms with Crippen LogP contribution in [0.1, 0.15) is 305 Å². The summed E-state index contributed by atoms with van der Waals surface area (Å²) in [6, 6.07) is 33.3. The van der Waals surface area contributed by atoms with E-state index in [2.05, 4.69) is 287 Å². The molecule has 0 aromatic carbocycles. The number of furan rings is 4. The van der Waals surface area contributed by atoms with E-state index >= 15 is 0 Å². The number of oxazole rings is 3. The lowest BCUT2D eigenvalue weighted by atomic mass is 10.0. The molecule has 24 heterocycles. The third-order valence-electron chi connectivity index (χ3n) is 22.1. The number of hydrogen-bond donors (Lipinski definition) is 0. The molecule has 744 valence electrons. The highest BCUT2D eigenvalue weighted by molar-refractivity contribution is 5.80. The molecule has 0 saturated carbocycles. The van der Waals surface area contributed by atoms with Crippen LogP contribution >= 0.6 is 0 Å². The van der Waals surface area contributed by atoms with Gasteiger partial charge in [-0.05, 0) is 162 Å². The lowest BCUT2D eigenvalue weighted by molar-refractivity contribution is 0.417. The second-order valence-corrected chi connectivity index (χ2v) is 37.1. The molecular weight excluding hydrogens is 1830 g/mol. The van der Waals surface area contributed by atoms with Crippen molar-refractivity contribution in [3.05, 3.63) is 290 Å². The highest BCUT2D eigenvalue weighted by Gasteiger charge is 2.18. The van der Waals surface area contributed by atoms with Crippen LogP contribution in [0.3, 0.4) is 0 Å². The SMILES string of the molecule is CC(C)c1ccc2ccoc2n1.CC(C)c1ccc2ccoc2n1.CC(C)c1ccc2cnoc2n1.CC(C)c1ccc2ncoc2n1.CC(C)c1ccc2nnoc2n1.CC(C)c1ccnc2cnoc12.CC(C)c1ccnc2ncoc12.CC(C)c1ccnc2nnoc12.CC(C)c1cncc2cnoc12.CC(C)c1cncc2ncoc12.CC(C)c1ncc2ccoc2n1.CC(C)c1ncc2ccoc2n1. The molecule has 24 aromatic rings. The van der Waals surface area contributed by atoms with E-state index in [9.17, 15) is 0 Å². The minimum Gasteiger partial charge on any atom is -0.446 e. The quantitative estimate of drug-likeness (QED) is 0.110. The van der Waals surface area contributed by atoms with Crippen molar-refractivity contribution in [1.82, 2.24) is 121 Å². The first-order valence-electron chi connectivity index (χ1n) is 47.7. The van der Waals surface area contributed by atoms with E-state index in [1.165, 1.54) is 19.2 Å². The van der Waals surface area contributed by atoms with Crippen molar-refractivity contribution >= 4 is 134 Å². The summed E-state index contributed by atoms with van der Waals surface area (Å²) in [5, 5.41) is 31.4. The first kappa shape index (κ1) is 105. The third-order valence-corrected chi connectivity index (χ3v) is 22.1. The number of pyridine rings is 10. The molecular formula is C108H120N24O12. The van der Waals surface area contributed by atoms with Crippen molar-refractivity contribution in [2.75, 3.05) is 0 Å². The summed E-state index contributed by atoms with van der Waals surface area (Å²) < 4.78 is 61.3. The fourth-order valence-corrected chi connectivity index (χ4v) is 13.8. The molecule has 0 amide bonds. The van der Waals surface area contributed by atoms with Gasteiger partial charge in [0.1, 0.15) is 28.2 Å². The largest absolute Gasteiger partial charge is 0.446 e. The number of hydrogen-bond acceptors (Lipinski definition) is 36. The molecule has 0 fully saturated rings. The summed E-state index contributed by atoms with van der Waals surface area (Å²) in [6.45, 7) is 50.4. The molecule has 0 N–H and O–H groups in total. The number of aromatic nitrogens is 24. The smallest absolute Gasteiger partial charge is 0.278 e. The van der Waals surface area contributed by atoms with Gasteiger partial charge in [0.15, 0.2) is 52.7 Å². The summed E-state index contributed by atoms with van der Waals surface area (Å²) in [6.07, 6.45) is 31.9. The highest BCUT2D eigenvalue weighted by Crippen LogP contribution is 2.31. The average molecular weight is 1950 g/mol. The lowest BCUT2D eigenvalue weighted by Gasteiger charge is -2.02. The van der Waals surface area contributed by atoms with E-state index in [0.29, 0.717) is 122 Å². The Hall–Kier alpha value is -16.6. The molecule has 0 aliphatic carbocycles. The van der Waals surface area contributed by atoms with Crippen molar-refractivity contribution in [2.45, 2.75) is 237 Å². The fourth-order valence-electron chi connectivity index (χ4n) is 13.8. The Bertz CT molecular complexity index is 6840. The van der Waals surface area contributed by atoms with Gasteiger partial charge in [-0.25, -0.2) is 54.8 Å². The van der Waals surface area contributed by atoms with Crippen LogP contribution in [0, 0.1) is 0 Å². The van der Waals surface area contributed by atoms with Gasteiger partial charge >= 0.3 is 0 Å². The molecule has 24 rings (SSSR count). The van der Waals surface area contributed by atoms with Gasteiger partial charge in [0.05, 0.1) is 71.4 Å². The van der Waals surface area contributed by atoms with E-state index < -0.39 is 0 Å². The Labute approximate surface area is 830 Å². The molecule has 0 aliphatic heterocycles. The minimum atomic E-state index is 0.347. The van der Waals surface area contributed by atoms with E-state index in [-0.39, 0.29) is 0 Å². The Morgan fingerprint density at radius 3 is 1.15 bits per heavy atom. The predicted octanol–water partition coefficient (Wildman–Crippen LogP) is 28.2. The summed E-state index contributed by atoms with van der Waals surface area (Å²) in [5.74, 6) is 6.69. The Morgan fingerprint density at radius 1 is 0.201 bits per heavy atom. The van der Waals surface area contributed by atoms with Gasteiger partial charge in [0, 0.05) is 139 Å². The second-order valence-electron chi connectivity index (χ2n) is 37.1. The fraction of sp³-hybridized carbons (Fsp3) is 0.333. The molecule has 0 bridgehead atoms. The molecule has 0 saturated heterocycles. The number of fused-ring (bicyclic) bond motifs is 12. The Morgan fingerprint density at radius 2 is 0.597 bits per heavy atom. The van der Waals surface area contributed by atoms with Gasteiger partial charge in [-0.1, -0.05) is 187 Å². The molecule has 0 atom stereocenters. The Balaban J connectivity index is 0.000000132. The van der Waals surface area contributed by atoms with Crippen LogP contribution in [0.2, 0.25) is 0 Å². The maximum atomic E-state index is 5.26. The van der Waals surface area contributed by atoms with Crippen molar-refractivity contribution < 1.29 is 53.5 Å². The van der Waals surface area contributed by atoms with E-state index in [1.54, 1.807) is 87.0 Å². The second kappa shape index (κ2) is 50.0. The zero-order valence-corrected chi connectivity index (χ0v) is 85.3. The summed E-state index contributed by atoms with van der Waals surface area (Å²) in [7, 11) is 0. The molecule has 0 radical (unpaired) electrons. The van der Waals surface area contributed by atoms with Crippen LogP contribution in [0.15, 0.2) is 275 Å². The molecule has 144 heavy (non-hydrogen) atoms. The van der Waals surface area contributed by atoms with Gasteiger partial charge in [0.2, 0.25) is 39.8 Å². The molecule has 24 aromatic heterocycles. The predicted molar refractivity (Wildman–Crippen MR) is 551 cm³/mol. The summed E-state index contributed by atoms with van der Waals surface area (Å²) in [5.41, 5.74) is 24.0. The standard InChI is InChI=1S/2C10H11NO.8C9H10N2O.2C8H9N3O/c2*1-7(2)9-4-3-8-5-6-12-10(8)11-9;1-6(2)7-3-10-4-8-9(7)12-5-11-8;1-6(2)8-5-10-3-7-4-11-12-9(7)8;1-6(2)7-3-4-10-9-8(7)12-5-11-9;1-6(2)7-3-4-10-8-5-11-12-9(7)8;1-6(2)7-3-4-8-9(11-7)12-5-10-8;2*1-6(2)8-10-5-7-3-4-12-9(7)11-8;1-6(2)8-4-3-7-5-10-12-9(7)11-8;1-5(2)6-3-4-9-8-7(6)12-11-10-8;1-5(2)6-3-4-7-8(9-6)12-11-10-7/h2*3-7H,1-2H3;8*3-6H,1-2H3;2*3-5H,1-2H3. The van der Waals surface area contributed by atoms with Gasteiger partial charge in [0.25, 0.3) is 11.4 Å². The Kier molecular flexibility index (Phi) is 36.4. The van der Waals surface area contributed by atoms with E-state index in [0.717, 1.165) is 151 Å². The van der Waals surface area contributed by atoms with Gasteiger partial charge < -0.3 is 53.5 Å². The molecule has 36 heteroatoms. The van der Waals surface area contributed by atoms with Crippen LogP contribution in [0.4, 0.5) is 0 Å². The third kappa shape index (κ3) is 27.8. The topological polar surface area (TPSA) is 467 Å². The minimum absolute atomic E-state index is 0.347. The first-order chi connectivity index (χ1) is 69.3. The van der Waals surface area contributed by atoms with Crippen LogP contribution in [0.5, 0.6) is 0 Å². The molecule has 0 unspecified atom stereocenters. The van der Waals surface area contributed by atoms with Crippen LogP contribution in [-0.4, -0.2) is 121 Å². The normalized spacial score (nSPS) is 11.2. The van der Waals surface area contributed by atoms with E-state index in [1.807, 2.05) is 116 Å². The van der Waals surface area contributed by atoms with Crippen molar-refractivity contribution in [3.8, 4) is 0 Å². The average Bonchev–Trinajstić information content (AvgIpc) is 1.67. The van der Waals surface area contributed by atoms with Gasteiger partial charge in [-0.2, -0.15) is 15.0 Å². The summed E-state index contributed by atoms with van der Waals surface area (Å²) >= 11 is 0. The molecule has 36 nitrogen and oxygen atoms in total. The van der Waals surface area contributed by atoms with Crippen molar-refractivity contribution in [2.24, 2.45) is 0 Å². The first-order valence-corrected chi connectivity index (χ1v) is 47.7. The van der Waals surface area contributed by atoms with Gasteiger partial charge in [-0.3, -0.25) is 15.0 Å². The molecule has 0 spiro atoms. The number of nitrogens with zero attached hydrogens (tertiary/aromatic N) is 24. The summed E-state index contributed by atoms with van der Waals surface area (Å²) in [4.78, 5) is 70.9.